The Labute approximate surface area is 133 Å². The minimum absolute atomic E-state index is 0.0442. The summed E-state index contributed by atoms with van der Waals surface area (Å²) in [5.41, 5.74) is 3.67. The van der Waals surface area contributed by atoms with Gasteiger partial charge in [0, 0.05) is 6.54 Å². The van der Waals surface area contributed by atoms with Crippen molar-refractivity contribution in [2.45, 2.75) is 59.0 Å². The Morgan fingerprint density at radius 3 is 2.86 bits per heavy atom. The Bertz CT molecular complexity index is 548. The van der Waals surface area contributed by atoms with Gasteiger partial charge in [-0.1, -0.05) is 23.8 Å². The third-order valence-corrected chi connectivity index (χ3v) is 4.15. The molecule has 3 heteroatoms. The van der Waals surface area contributed by atoms with Crippen LogP contribution < -0.4 is 10.1 Å². The minimum atomic E-state index is -0.471. The van der Waals surface area contributed by atoms with Crippen LogP contribution in [0.2, 0.25) is 0 Å². The van der Waals surface area contributed by atoms with Crippen molar-refractivity contribution in [3.05, 3.63) is 41.0 Å². The lowest BCUT2D eigenvalue weighted by atomic mass is 9.97. The fourth-order valence-electron chi connectivity index (χ4n) is 2.70. The number of amides is 1. The number of hydrogen-bond donors (Lipinski definition) is 1. The molecular weight excluding hydrogens is 274 g/mol. The molecule has 1 aromatic rings. The summed E-state index contributed by atoms with van der Waals surface area (Å²) in [6.45, 7) is 6.52. The highest BCUT2D eigenvalue weighted by Crippen LogP contribution is 2.21. The van der Waals surface area contributed by atoms with Crippen LogP contribution in [0, 0.1) is 13.8 Å². The number of rotatable bonds is 6. The molecule has 2 rings (SSSR count). The molecule has 1 aromatic carbocycles. The third-order valence-electron chi connectivity index (χ3n) is 4.15. The van der Waals surface area contributed by atoms with Crippen molar-refractivity contribution in [2.75, 3.05) is 6.54 Å². The second kappa shape index (κ2) is 8.02. The van der Waals surface area contributed by atoms with E-state index in [2.05, 4.69) is 11.4 Å². The van der Waals surface area contributed by atoms with Crippen molar-refractivity contribution >= 4 is 5.91 Å². The first-order valence-corrected chi connectivity index (χ1v) is 8.26. The summed E-state index contributed by atoms with van der Waals surface area (Å²) in [5, 5.41) is 2.98. The maximum absolute atomic E-state index is 12.1. The fraction of sp³-hybridized carbons (Fsp3) is 0.526. The predicted molar refractivity (Wildman–Crippen MR) is 90.2 cm³/mol. The van der Waals surface area contributed by atoms with Gasteiger partial charge in [0.25, 0.3) is 5.91 Å². The standard InChI is InChI=1S/C19H27NO2/c1-14-9-10-15(2)18(13-14)22-16(3)19(21)20-12-11-17-7-5-4-6-8-17/h7,9-10,13,16H,4-6,8,11-12H2,1-3H3,(H,20,21)/t16-/m0/s1. The summed E-state index contributed by atoms with van der Waals surface area (Å²) in [6.07, 6.45) is 7.77. The number of carbonyl (C=O) groups excluding carboxylic acids is 1. The molecular formula is C19H27NO2. The molecule has 1 amide bonds. The quantitative estimate of drug-likeness (QED) is 0.804. The fourth-order valence-corrected chi connectivity index (χ4v) is 2.70. The summed E-state index contributed by atoms with van der Waals surface area (Å²) in [6, 6.07) is 6.04. The molecule has 120 valence electrons. The van der Waals surface area contributed by atoms with Crippen molar-refractivity contribution in [3.63, 3.8) is 0 Å². The first kappa shape index (κ1) is 16.6. The van der Waals surface area contributed by atoms with E-state index in [0.717, 1.165) is 23.3 Å². The van der Waals surface area contributed by atoms with E-state index in [9.17, 15) is 4.79 Å². The first-order chi connectivity index (χ1) is 10.6. The maximum atomic E-state index is 12.1. The highest BCUT2D eigenvalue weighted by molar-refractivity contribution is 5.80. The van der Waals surface area contributed by atoms with E-state index < -0.39 is 6.10 Å². The number of hydrogen-bond acceptors (Lipinski definition) is 2. The third kappa shape index (κ3) is 4.90. The SMILES string of the molecule is Cc1ccc(C)c(O[C@@H](C)C(=O)NCCC2=CCCCC2)c1. The van der Waals surface area contributed by atoms with Gasteiger partial charge in [0.15, 0.2) is 6.10 Å². The molecule has 0 radical (unpaired) electrons. The predicted octanol–water partition coefficient (Wildman–Crippen LogP) is 4.08. The summed E-state index contributed by atoms with van der Waals surface area (Å²) >= 11 is 0. The van der Waals surface area contributed by atoms with E-state index in [-0.39, 0.29) is 5.91 Å². The molecule has 0 fully saturated rings. The topological polar surface area (TPSA) is 38.3 Å². The average molecular weight is 301 g/mol. The first-order valence-electron chi connectivity index (χ1n) is 8.26. The molecule has 0 bridgehead atoms. The van der Waals surface area contributed by atoms with Crippen LogP contribution in [0.15, 0.2) is 29.8 Å². The van der Waals surface area contributed by atoms with Gasteiger partial charge in [-0.05, 0) is 70.1 Å². The largest absolute Gasteiger partial charge is 0.481 e. The molecule has 22 heavy (non-hydrogen) atoms. The summed E-state index contributed by atoms with van der Waals surface area (Å²) in [5.74, 6) is 0.745. The molecule has 1 aliphatic rings. The second-order valence-corrected chi connectivity index (χ2v) is 6.18. The molecule has 0 saturated carbocycles. The molecule has 0 heterocycles. The van der Waals surface area contributed by atoms with E-state index in [1.165, 1.54) is 31.3 Å². The van der Waals surface area contributed by atoms with Crippen LogP contribution in [0.3, 0.4) is 0 Å². The number of aryl methyl sites for hydroxylation is 2. The molecule has 0 unspecified atom stereocenters. The Morgan fingerprint density at radius 1 is 1.32 bits per heavy atom. The number of carbonyl (C=O) groups is 1. The monoisotopic (exact) mass is 301 g/mol. The Balaban J connectivity index is 1.79. The van der Waals surface area contributed by atoms with Crippen molar-refractivity contribution in [2.24, 2.45) is 0 Å². The summed E-state index contributed by atoms with van der Waals surface area (Å²) < 4.78 is 5.80. The van der Waals surface area contributed by atoms with Crippen LogP contribution in [-0.2, 0) is 4.79 Å². The zero-order valence-electron chi connectivity index (χ0n) is 13.9. The van der Waals surface area contributed by atoms with Crippen molar-refractivity contribution in [3.8, 4) is 5.75 Å². The molecule has 1 atom stereocenters. The van der Waals surface area contributed by atoms with Crippen molar-refractivity contribution in [1.82, 2.24) is 5.32 Å². The molecule has 1 N–H and O–H groups in total. The van der Waals surface area contributed by atoms with Gasteiger partial charge in [-0.3, -0.25) is 4.79 Å². The average Bonchev–Trinajstić information content (AvgIpc) is 2.52. The van der Waals surface area contributed by atoms with Crippen molar-refractivity contribution in [1.29, 1.82) is 0 Å². The van der Waals surface area contributed by atoms with Gasteiger partial charge in [-0.15, -0.1) is 0 Å². The summed E-state index contributed by atoms with van der Waals surface area (Å²) in [7, 11) is 0. The lowest BCUT2D eigenvalue weighted by Gasteiger charge is -2.17. The van der Waals surface area contributed by atoms with Crippen LogP contribution in [0.4, 0.5) is 0 Å². The van der Waals surface area contributed by atoms with Crippen LogP contribution in [-0.4, -0.2) is 18.6 Å². The zero-order valence-corrected chi connectivity index (χ0v) is 13.9. The van der Waals surface area contributed by atoms with Gasteiger partial charge in [-0.25, -0.2) is 0 Å². The Hall–Kier alpha value is -1.77. The number of ether oxygens (including phenoxy) is 1. The van der Waals surface area contributed by atoms with Gasteiger partial charge < -0.3 is 10.1 Å². The molecule has 3 nitrogen and oxygen atoms in total. The molecule has 0 aromatic heterocycles. The van der Waals surface area contributed by atoms with Crippen LogP contribution >= 0.6 is 0 Å². The Kier molecular flexibility index (Phi) is 6.05. The van der Waals surface area contributed by atoms with Gasteiger partial charge in [0.2, 0.25) is 0 Å². The van der Waals surface area contributed by atoms with Gasteiger partial charge in [0.1, 0.15) is 5.75 Å². The lowest BCUT2D eigenvalue weighted by Crippen LogP contribution is -2.37. The Morgan fingerprint density at radius 2 is 2.14 bits per heavy atom. The van der Waals surface area contributed by atoms with Crippen molar-refractivity contribution < 1.29 is 9.53 Å². The smallest absolute Gasteiger partial charge is 0.260 e. The minimum Gasteiger partial charge on any atom is -0.481 e. The van der Waals surface area contributed by atoms with E-state index in [1.54, 1.807) is 6.92 Å². The molecule has 1 aliphatic carbocycles. The van der Waals surface area contributed by atoms with E-state index >= 15 is 0 Å². The highest BCUT2D eigenvalue weighted by atomic mass is 16.5. The van der Waals surface area contributed by atoms with Crippen LogP contribution in [0.25, 0.3) is 0 Å². The second-order valence-electron chi connectivity index (χ2n) is 6.18. The van der Waals surface area contributed by atoms with Crippen LogP contribution in [0.5, 0.6) is 5.75 Å². The highest BCUT2D eigenvalue weighted by Gasteiger charge is 2.15. The lowest BCUT2D eigenvalue weighted by molar-refractivity contribution is -0.127. The van der Waals surface area contributed by atoms with Gasteiger partial charge in [0.05, 0.1) is 0 Å². The zero-order chi connectivity index (χ0) is 15.9. The molecule has 0 aliphatic heterocycles. The van der Waals surface area contributed by atoms with Crippen LogP contribution in [0.1, 0.15) is 50.2 Å². The molecule has 0 saturated heterocycles. The molecule has 0 spiro atoms. The maximum Gasteiger partial charge on any atom is 0.260 e. The van der Waals surface area contributed by atoms with E-state index in [0.29, 0.717) is 6.54 Å². The summed E-state index contributed by atoms with van der Waals surface area (Å²) in [4.78, 5) is 12.1. The number of nitrogens with one attached hydrogen (secondary N) is 1. The number of benzene rings is 1. The normalized spacial score (nSPS) is 15.9. The van der Waals surface area contributed by atoms with Gasteiger partial charge in [-0.2, -0.15) is 0 Å². The van der Waals surface area contributed by atoms with E-state index in [1.807, 2.05) is 32.0 Å². The van der Waals surface area contributed by atoms with Gasteiger partial charge >= 0.3 is 0 Å². The van der Waals surface area contributed by atoms with E-state index in [4.69, 9.17) is 4.74 Å². The number of allylic oxidation sites excluding steroid dienone is 1.